The summed E-state index contributed by atoms with van der Waals surface area (Å²) in [6.07, 6.45) is 7.39. The van der Waals surface area contributed by atoms with Gasteiger partial charge in [0, 0.05) is 24.5 Å². The summed E-state index contributed by atoms with van der Waals surface area (Å²) in [6, 6.07) is 1.91. The van der Waals surface area contributed by atoms with Crippen LogP contribution in [0.25, 0.3) is 11.5 Å². The Morgan fingerprint density at radius 3 is 2.78 bits per heavy atom. The highest BCUT2D eigenvalue weighted by Crippen LogP contribution is 2.25. The quantitative estimate of drug-likeness (QED) is 0.774. The van der Waals surface area contributed by atoms with Crippen LogP contribution in [-0.2, 0) is 19.9 Å². The second-order valence-corrected chi connectivity index (χ2v) is 4.76. The third-order valence-electron chi connectivity index (χ3n) is 3.52. The molecule has 18 heavy (non-hydrogen) atoms. The molecule has 0 radical (unpaired) electrons. The van der Waals surface area contributed by atoms with Gasteiger partial charge in [-0.25, -0.2) is 9.97 Å². The van der Waals surface area contributed by atoms with Crippen LogP contribution in [-0.4, -0.2) is 19.7 Å². The van der Waals surface area contributed by atoms with Gasteiger partial charge in [-0.15, -0.1) is 0 Å². The summed E-state index contributed by atoms with van der Waals surface area (Å²) in [5, 5.41) is 4.15. The number of hydrogen-bond acceptors (Lipinski definition) is 4. The molecule has 0 spiro atoms. The maximum absolute atomic E-state index is 6.09. The molecule has 2 aromatic heterocycles. The Labute approximate surface area is 106 Å². The molecule has 2 aromatic rings. The molecule has 0 aliphatic heterocycles. The van der Waals surface area contributed by atoms with Crippen LogP contribution in [0.4, 0.5) is 5.82 Å². The smallest absolute Gasteiger partial charge is 0.180 e. The van der Waals surface area contributed by atoms with Crippen LogP contribution in [0.2, 0.25) is 0 Å². The summed E-state index contributed by atoms with van der Waals surface area (Å²) in [5.74, 6) is 1.33. The number of nitrogen functional groups attached to an aromatic ring is 1. The monoisotopic (exact) mass is 243 g/mol. The van der Waals surface area contributed by atoms with E-state index in [1.807, 2.05) is 13.1 Å². The zero-order chi connectivity index (χ0) is 12.5. The van der Waals surface area contributed by atoms with Crippen molar-refractivity contribution in [2.24, 2.45) is 7.05 Å². The molecule has 0 saturated heterocycles. The van der Waals surface area contributed by atoms with Crippen molar-refractivity contribution in [2.45, 2.75) is 32.1 Å². The van der Waals surface area contributed by atoms with Crippen molar-refractivity contribution in [1.82, 2.24) is 19.7 Å². The summed E-state index contributed by atoms with van der Waals surface area (Å²) in [7, 11) is 1.89. The Kier molecular flexibility index (Phi) is 2.74. The molecule has 3 rings (SSSR count). The average molecular weight is 243 g/mol. The van der Waals surface area contributed by atoms with E-state index in [-0.39, 0.29) is 0 Å². The highest BCUT2D eigenvalue weighted by Gasteiger charge is 2.16. The van der Waals surface area contributed by atoms with Crippen LogP contribution in [0, 0.1) is 0 Å². The molecule has 0 fully saturated rings. The highest BCUT2D eigenvalue weighted by molar-refractivity contribution is 5.55. The lowest BCUT2D eigenvalue weighted by Crippen LogP contribution is -2.08. The number of aromatic nitrogens is 4. The highest BCUT2D eigenvalue weighted by atomic mass is 15.3. The van der Waals surface area contributed by atoms with E-state index in [0.29, 0.717) is 11.6 Å². The largest absolute Gasteiger partial charge is 0.383 e. The summed E-state index contributed by atoms with van der Waals surface area (Å²) < 4.78 is 1.78. The molecule has 0 bridgehead atoms. The Hall–Kier alpha value is -1.91. The van der Waals surface area contributed by atoms with Crippen molar-refractivity contribution in [3.63, 3.8) is 0 Å². The molecule has 0 amide bonds. The van der Waals surface area contributed by atoms with Crippen LogP contribution in [0.1, 0.15) is 30.5 Å². The lowest BCUT2D eigenvalue weighted by atomic mass is 10.1. The Morgan fingerprint density at radius 2 is 2.00 bits per heavy atom. The van der Waals surface area contributed by atoms with Crippen molar-refractivity contribution < 1.29 is 0 Å². The number of hydrogen-bond donors (Lipinski definition) is 1. The first-order chi connectivity index (χ1) is 8.75. The van der Waals surface area contributed by atoms with Crippen molar-refractivity contribution in [1.29, 1.82) is 0 Å². The van der Waals surface area contributed by atoms with Crippen LogP contribution >= 0.6 is 0 Å². The number of fused-ring (bicyclic) bond motifs is 1. The fraction of sp³-hybridized carbons (Fsp3) is 0.462. The van der Waals surface area contributed by atoms with Gasteiger partial charge in [-0.1, -0.05) is 6.42 Å². The maximum atomic E-state index is 6.09. The number of rotatable bonds is 1. The number of nitrogens with zero attached hydrogens (tertiary/aromatic N) is 4. The van der Waals surface area contributed by atoms with Gasteiger partial charge in [-0.3, -0.25) is 4.68 Å². The molecule has 1 aliphatic carbocycles. The van der Waals surface area contributed by atoms with Gasteiger partial charge in [-0.05, 0) is 31.7 Å². The Morgan fingerprint density at radius 1 is 1.17 bits per heavy atom. The summed E-state index contributed by atoms with van der Waals surface area (Å²) in [6.45, 7) is 0. The Balaban J connectivity index is 2.11. The normalized spacial score (nSPS) is 15.2. The topological polar surface area (TPSA) is 69.6 Å². The van der Waals surface area contributed by atoms with Crippen LogP contribution in [0.5, 0.6) is 0 Å². The molecule has 1 aliphatic rings. The predicted molar refractivity (Wildman–Crippen MR) is 69.9 cm³/mol. The molecule has 0 unspecified atom stereocenters. The van der Waals surface area contributed by atoms with Crippen molar-refractivity contribution in [3.05, 3.63) is 23.5 Å². The fourth-order valence-electron chi connectivity index (χ4n) is 2.51. The van der Waals surface area contributed by atoms with Crippen molar-refractivity contribution in [2.75, 3.05) is 5.73 Å². The van der Waals surface area contributed by atoms with E-state index < -0.39 is 0 Å². The van der Waals surface area contributed by atoms with Crippen molar-refractivity contribution in [3.8, 4) is 11.5 Å². The van der Waals surface area contributed by atoms with E-state index in [1.165, 1.54) is 19.3 Å². The summed E-state index contributed by atoms with van der Waals surface area (Å²) >= 11 is 0. The van der Waals surface area contributed by atoms with Gasteiger partial charge in [0.25, 0.3) is 0 Å². The first kappa shape index (κ1) is 11.2. The molecular formula is C13H17N5. The molecule has 5 heteroatoms. The number of nitrogens with two attached hydrogens (primary N) is 1. The van der Waals surface area contributed by atoms with Gasteiger partial charge in [0.15, 0.2) is 5.82 Å². The molecule has 0 aromatic carbocycles. The van der Waals surface area contributed by atoms with E-state index in [4.69, 9.17) is 5.73 Å². The number of anilines is 1. The minimum Gasteiger partial charge on any atom is -0.383 e. The number of aryl methyl sites for hydroxylation is 2. The Bertz CT molecular complexity index is 573. The molecule has 94 valence electrons. The van der Waals surface area contributed by atoms with Crippen molar-refractivity contribution >= 4 is 5.82 Å². The lowest BCUT2D eigenvalue weighted by Gasteiger charge is -2.10. The van der Waals surface area contributed by atoms with Gasteiger partial charge >= 0.3 is 0 Å². The van der Waals surface area contributed by atoms with Gasteiger partial charge in [0.2, 0.25) is 0 Å². The third-order valence-corrected chi connectivity index (χ3v) is 3.52. The first-order valence-corrected chi connectivity index (χ1v) is 6.39. The summed E-state index contributed by atoms with van der Waals surface area (Å²) in [5.41, 5.74) is 9.27. The second-order valence-electron chi connectivity index (χ2n) is 4.76. The minimum atomic E-state index is 0.637. The lowest BCUT2D eigenvalue weighted by molar-refractivity contribution is 0.708. The van der Waals surface area contributed by atoms with Crippen LogP contribution in [0.15, 0.2) is 12.3 Å². The van der Waals surface area contributed by atoms with Crippen LogP contribution in [0.3, 0.4) is 0 Å². The standard InChI is InChI=1S/C13H17N5/c1-18-11(7-8-15-18)13-16-10-6-4-2-3-5-9(10)12(14)17-13/h7-8H,2-6H2,1H3,(H2,14,16,17). The molecule has 2 heterocycles. The van der Waals surface area contributed by atoms with Gasteiger partial charge < -0.3 is 5.73 Å². The van der Waals surface area contributed by atoms with Crippen LogP contribution < -0.4 is 5.73 Å². The molecule has 5 nitrogen and oxygen atoms in total. The van der Waals surface area contributed by atoms with Gasteiger partial charge in [-0.2, -0.15) is 5.10 Å². The maximum Gasteiger partial charge on any atom is 0.180 e. The van der Waals surface area contributed by atoms with E-state index >= 15 is 0 Å². The minimum absolute atomic E-state index is 0.637. The van der Waals surface area contributed by atoms with E-state index in [2.05, 4.69) is 15.1 Å². The average Bonchev–Trinajstić information content (AvgIpc) is 2.63. The van der Waals surface area contributed by atoms with E-state index in [9.17, 15) is 0 Å². The summed E-state index contributed by atoms with van der Waals surface area (Å²) in [4.78, 5) is 9.12. The van der Waals surface area contributed by atoms with E-state index in [1.54, 1.807) is 10.9 Å². The third kappa shape index (κ3) is 1.85. The first-order valence-electron chi connectivity index (χ1n) is 6.39. The zero-order valence-corrected chi connectivity index (χ0v) is 10.6. The molecule has 0 saturated carbocycles. The SMILES string of the molecule is Cn1nccc1-c1nc(N)c2c(n1)CCCCC2. The molecular weight excluding hydrogens is 226 g/mol. The van der Waals surface area contributed by atoms with E-state index in [0.717, 1.165) is 29.8 Å². The molecule has 0 atom stereocenters. The van der Waals surface area contributed by atoms with Gasteiger partial charge in [0.05, 0.1) is 0 Å². The van der Waals surface area contributed by atoms with Gasteiger partial charge in [0.1, 0.15) is 11.5 Å². The second kappa shape index (κ2) is 4.40. The zero-order valence-electron chi connectivity index (χ0n) is 10.6. The fourth-order valence-corrected chi connectivity index (χ4v) is 2.51. The molecule has 2 N–H and O–H groups in total. The predicted octanol–water partition coefficient (Wildman–Crippen LogP) is 1.73.